The van der Waals surface area contributed by atoms with Gasteiger partial charge < -0.3 is 14.5 Å². The van der Waals surface area contributed by atoms with E-state index in [9.17, 15) is 14.4 Å². The Morgan fingerprint density at radius 2 is 1.93 bits per heavy atom. The molecule has 0 saturated heterocycles. The number of hydrogen-bond acceptors (Lipinski definition) is 5. The molecular weight excluding hydrogens is 414 g/mol. The maximum absolute atomic E-state index is 12.7. The van der Waals surface area contributed by atoms with Crippen LogP contribution in [0.1, 0.15) is 28.4 Å². The van der Waals surface area contributed by atoms with Gasteiger partial charge in [-0.2, -0.15) is 0 Å². The van der Waals surface area contributed by atoms with Gasteiger partial charge in [0.2, 0.25) is 0 Å². The van der Waals surface area contributed by atoms with E-state index in [0.717, 1.165) is 4.47 Å². The summed E-state index contributed by atoms with van der Waals surface area (Å²) in [4.78, 5) is 36.7. The highest BCUT2D eigenvalue weighted by Gasteiger charge is 2.22. The number of para-hydroxylation sites is 1. The predicted octanol–water partition coefficient (Wildman–Crippen LogP) is 3.59. The van der Waals surface area contributed by atoms with Crippen molar-refractivity contribution in [3.63, 3.8) is 0 Å². The van der Waals surface area contributed by atoms with Crippen LogP contribution in [0, 0.1) is 0 Å². The Morgan fingerprint density at radius 1 is 1.15 bits per heavy atom. The molecule has 0 aliphatic heterocycles. The summed E-state index contributed by atoms with van der Waals surface area (Å²) in [5, 5.41) is 3.36. The SMILES string of the molecule is COC(=O)CC(NC(=O)c1cc2ccccc2oc1=O)c1cccc(Br)c1. The highest BCUT2D eigenvalue weighted by atomic mass is 79.9. The number of amides is 1. The Labute approximate surface area is 163 Å². The van der Waals surface area contributed by atoms with Crippen molar-refractivity contribution in [2.24, 2.45) is 0 Å². The summed E-state index contributed by atoms with van der Waals surface area (Å²) in [7, 11) is 1.28. The largest absolute Gasteiger partial charge is 0.469 e. The number of hydrogen-bond donors (Lipinski definition) is 1. The van der Waals surface area contributed by atoms with Gasteiger partial charge in [-0.3, -0.25) is 9.59 Å². The molecule has 0 bridgehead atoms. The molecule has 3 aromatic rings. The number of rotatable bonds is 5. The zero-order valence-corrected chi connectivity index (χ0v) is 16.0. The number of ether oxygens (including phenoxy) is 1. The molecule has 0 aliphatic carbocycles. The normalized spacial score (nSPS) is 11.8. The van der Waals surface area contributed by atoms with Gasteiger partial charge in [0.05, 0.1) is 19.6 Å². The first-order valence-electron chi connectivity index (χ1n) is 8.14. The van der Waals surface area contributed by atoms with Gasteiger partial charge in [0.1, 0.15) is 11.1 Å². The van der Waals surface area contributed by atoms with Crippen LogP contribution < -0.4 is 10.9 Å². The standard InChI is InChI=1S/C20H16BrNO5/c1-26-18(23)11-16(12-6-4-7-14(21)9-12)22-19(24)15-10-13-5-2-3-8-17(13)27-20(15)25/h2-10,16H,11H2,1H3,(H,22,24). The molecular formula is C20H16BrNO5. The lowest BCUT2D eigenvalue weighted by Crippen LogP contribution is -2.33. The van der Waals surface area contributed by atoms with Crippen LogP contribution in [0.25, 0.3) is 11.0 Å². The lowest BCUT2D eigenvalue weighted by molar-refractivity contribution is -0.141. The fourth-order valence-electron chi connectivity index (χ4n) is 2.68. The van der Waals surface area contributed by atoms with Crippen LogP contribution in [-0.4, -0.2) is 19.0 Å². The fraction of sp³-hybridized carbons (Fsp3) is 0.150. The number of benzene rings is 2. The second kappa shape index (κ2) is 8.18. The van der Waals surface area contributed by atoms with Gasteiger partial charge in [-0.05, 0) is 29.8 Å². The topological polar surface area (TPSA) is 85.6 Å². The molecule has 0 fully saturated rings. The molecule has 1 heterocycles. The number of carbonyl (C=O) groups excluding carboxylic acids is 2. The third-order valence-electron chi connectivity index (χ3n) is 4.04. The molecule has 2 aromatic carbocycles. The van der Waals surface area contributed by atoms with E-state index in [4.69, 9.17) is 9.15 Å². The summed E-state index contributed by atoms with van der Waals surface area (Å²) >= 11 is 3.37. The Kier molecular flexibility index (Phi) is 5.71. The minimum Gasteiger partial charge on any atom is -0.469 e. The Balaban J connectivity index is 1.93. The molecule has 138 valence electrons. The van der Waals surface area contributed by atoms with E-state index in [2.05, 4.69) is 21.2 Å². The number of esters is 1. The fourth-order valence-corrected chi connectivity index (χ4v) is 3.10. The molecule has 7 heteroatoms. The molecule has 6 nitrogen and oxygen atoms in total. The lowest BCUT2D eigenvalue weighted by atomic mass is 10.0. The average molecular weight is 430 g/mol. The van der Waals surface area contributed by atoms with Crippen LogP contribution in [-0.2, 0) is 9.53 Å². The number of nitrogens with one attached hydrogen (secondary N) is 1. The summed E-state index contributed by atoms with van der Waals surface area (Å²) in [5.41, 5.74) is 0.237. The summed E-state index contributed by atoms with van der Waals surface area (Å²) in [5.74, 6) is -1.10. The van der Waals surface area contributed by atoms with E-state index in [0.29, 0.717) is 16.5 Å². The van der Waals surface area contributed by atoms with Crippen LogP contribution >= 0.6 is 15.9 Å². The molecule has 0 saturated carbocycles. The summed E-state index contributed by atoms with van der Waals surface area (Å²) in [6, 6.07) is 14.9. The van der Waals surface area contributed by atoms with Gasteiger partial charge in [0.25, 0.3) is 5.91 Å². The van der Waals surface area contributed by atoms with Crippen molar-refractivity contribution in [1.29, 1.82) is 0 Å². The van der Waals surface area contributed by atoms with E-state index < -0.39 is 23.5 Å². The number of halogens is 1. The Morgan fingerprint density at radius 3 is 2.67 bits per heavy atom. The third kappa shape index (κ3) is 4.43. The predicted molar refractivity (Wildman–Crippen MR) is 103 cm³/mol. The molecule has 1 unspecified atom stereocenters. The van der Waals surface area contributed by atoms with Crippen molar-refractivity contribution >= 4 is 38.8 Å². The maximum Gasteiger partial charge on any atom is 0.349 e. The van der Waals surface area contributed by atoms with Crippen molar-refractivity contribution < 1.29 is 18.7 Å². The summed E-state index contributed by atoms with van der Waals surface area (Å²) < 4.78 is 10.7. The lowest BCUT2D eigenvalue weighted by Gasteiger charge is -2.18. The smallest absolute Gasteiger partial charge is 0.349 e. The van der Waals surface area contributed by atoms with Crippen molar-refractivity contribution in [3.8, 4) is 0 Å². The zero-order chi connectivity index (χ0) is 19.4. The molecule has 0 aliphatic rings. The van der Waals surface area contributed by atoms with Crippen LogP contribution in [0.2, 0.25) is 0 Å². The molecule has 1 atom stereocenters. The average Bonchev–Trinajstić information content (AvgIpc) is 2.66. The molecule has 0 radical (unpaired) electrons. The van der Waals surface area contributed by atoms with Crippen molar-refractivity contribution in [3.05, 3.63) is 80.6 Å². The van der Waals surface area contributed by atoms with E-state index >= 15 is 0 Å². The first-order chi connectivity index (χ1) is 13.0. The first-order valence-corrected chi connectivity index (χ1v) is 8.93. The van der Waals surface area contributed by atoms with Crippen LogP contribution in [0.4, 0.5) is 0 Å². The van der Waals surface area contributed by atoms with Gasteiger partial charge in [-0.1, -0.05) is 46.3 Å². The first kappa shape index (κ1) is 18.8. The minimum atomic E-state index is -0.739. The third-order valence-corrected chi connectivity index (χ3v) is 4.53. The Bertz CT molecular complexity index is 1060. The number of fused-ring (bicyclic) bond motifs is 1. The van der Waals surface area contributed by atoms with Crippen LogP contribution in [0.5, 0.6) is 0 Å². The molecule has 0 spiro atoms. The Hall–Kier alpha value is -2.93. The maximum atomic E-state index is 12.7. The molecule has 1 amide bonds. The second-order valence-corrected chi connectivity index (χ2v) is 6.76. The van der Waals surface area contributed by atoms with Gasteiger partial charge >= 0.3 is 11.6 Å². The summed E-state index contributed by atoms with van der Waals surface area (Å²) in [6.45, 7) is 0. The van der Waals surface area contributed by atoms with Crippen LogP contribution in [0.3, 0.4) is 0 Å². The van der Waals surface area contributed by atoms with E-state index in [1.54, 1.807) is 42.5 Å². The molecule has 27 heavy (non-hydrogen) atoms. The van der Waals surface area contributed by atoms with E-state index in [1.807, 2.05) is 6.07 Å². The molecule has 3 rings (SSSR count). The highest BCUT2D eigenvalue weighted by molar-refractivity contribution is 9.10. The highest BCUT2D eigenvalue weighted by Crippen LogP contribution is 2.22. The van der Waals surface area contributed by atoms with Crippen LogP contribution in [0.15, 0.2) is 68.3 Å². The summed E-state index contributed by atoms with van der Waals surface area (Å²) in [6.07, 6.45) is -0.0718. The number of methoxy groups -OCH3 is 1. The van der Waals surface area contributed by atoms with Gasteiger partial charge in [0, 0.05) is 9.86 Å². The van der Waals surface area contributed by atoms with Gasteiger partial charge in [-0.15, -0.1) is 0 Å². The molecule has 1 N–H and O–H groups in total. The second-order valence-electron chi connectivity index (χ2n) is 5.85. The minimum absolute atomic E-state index is 0.0718. The van der Waals surface area contributed by atoms with E-state index in [1.165, 1.54) is 13.2 Å². The molecule has 1 aromatic heterocycles. The van der Waals surface area contributed by atoms with Crippen molar-refractivity contribution in [1.82, 2.24) is 5.32 Å². The van der Waals surface area contributed by atoms with Crippen molar-refractivity contribution in [2.75, 3.05) is 7.11 Å². The quantitative estimate of drug-likeness (QED) is 0.494. The van der Waals surface area contributed by atoms with Gasteiger partial charge in [0.15, 0.2) is 0 Å². The number of carbonyl (C=O) groups is 2. The monoisotopic (exact) mass is 429 g/mol. The van der Waals surface area contributed by atoms with Gasteiger partial charge in [-0.25, -0.2) is 4.79 Å². The van der Waals surface area contributed by atoms with E-state index in [-0.39, 0.29) is 12.0 Å². The van der Waals surface area contributed by atoms with Crippen molar-refractivity contribution in [2.45, 2.75) is 12.5 Å². The zero-order valence-electron chi connectivity index (χ0n) is 14.4.